The molecule has 0 aromatic carbocycles. The molecule has 1 unspecified atom stereocenters. The Bertz CT molecular complexity index is 389. The number of carbonyl (C=O) groups is 1. The average molecular weight is 250 g/mol. The number of alkyl carbamates (subject to hydrolysis) is 1. The number of nitrogens with one attached hydrogen (secondary N) is 2. The zero-order valence-corrected chi connectivity index (χ0v) is 11.5. The molecule has 0 radical (unpaired) electrons. The topological polar surface area (TPSA) is 62.2 Å². The van der Waals surface area contributed by atoms with E-state index in [-0.39, 0.29) is 6.04 Å². The van der Waals surface area contributed by atoms with Gasteiger partial charge in [-0.1, -0.05) is 18.2 Å². The van der Waals surface area contributed by atoms with Gasteiger partial charge in [0.05, 0.1) is 6.04 Å². The summed E-state index contributed by atoms with van der Waals surface area (Å²) in [6, 6.07) is -0.0424. The summed E-state index contributed by atoms with van der Waals surface area (Å²) in [7, 11) is 0. The van der Waals surface area contributed by atoms with Gasteiger partial charge >= 0.3 is 6.09 Å². The van der Waals surface area contributed by atoms with Gasteiger partial charge in [0.25, 0.3) is 0 Å². The Hall–Kier alpha value is -1.58. The molecule has 1 aliphatic rings. The molecule has 0 saturated carbocycles. The highest BCUT2D eigenvalue weighted by Gasteiger charge is 2.19. The van der Waals surface area contributed by atoms with Crippen LogP contribution in [0.4, 0.5) is 4.79 Å². The second kappa shape index (κ2) is 5.85. The van der Waals surface area contributed by atoms with E-state index in [1.165, 1.54) is 0 Å². The molecule has 2 N–H and O–H groups in total. The van der Waals surface area contributed by atoms with Gasteiger partial charge in [-0.2, -0.15) is 0 Å². The van der Waals surface area contributed by atoms with Gasteiger partial charge in [0.15, 0.2) is 0 Å². The number of allylic oxidation sites excluding steroid dienone is 2. The molecule has 0 bridgehead atoms. The first kappa shape index (κ1) is 14.5. The van der Waals surface area contributed by atoms with Crippen molar-refractivity contribution >= 4 is 11.8 Å². The van der Waals surface area contributed by atoms with Gasteiger partial charge in [-0.3, -0.25) is 0 Å². The molecular formula is C14H22N2O2. The Morgan fingerprint density at radius 2 is 2.22 bits per heavy atom. The molecule has 0 saturated heterocycles. The molecule has 1 rings (SSSR count). The summed E-state index contributed by atoms with van der Waals surface area (Å²) in [5, 5.41) is 10.3. The van der Waals surface area contributed by atoms with Crippen molar-refractivity contribution in [2.45, 2.75) is 52.2 Å². The number of hydrogen-bond acceptors (Lipinski definition) is 3. The number of hydrogen-bond donors (Lipinski definition) is 2. The van der Waals surface area contributed by atoms with Crippen molar-refractivity contribution < 1.29 is 9.53 Å². The summed E-state index contributed by atoms with van der Waals surface area (Å²) in [6.45, 7) is 7.30. The highest BCUT2D eigenvalue weighted by molar-refractivity contribution is 5.81. The minimum absolute atomic E-state index is 0.0424. The van der Waals surface area contributed by atoms with Gasteiger partial charge in [-0.05, 0) is 39.7 Å². The van der Waals surface area contributed by atoms with E-state index in [1.54, 1.807) is 6.92 Å². The molecule has 4 heteroatoms. The minimum Gasteiger partial charge on any atom is -0.444 e. The SMILES string of the molecule is CC(=N)CC1=CC(NC(=O)OC(C)(C)C)CC=C1. The first-order valence-electron chi connectivity index (χ1n) is 6.17. The normalized spacial score (nSPS) is 19.1. The summed E-state index contributed by atoms with van der Waals surface area (Å²) in [5.41, 5.74) is 1.20. The van der Waals surface area contributed by atoms with Crippen molar-refractivity contribution in [2.24, 2.45) is 0 Å². The minimum atomic E-state index is -0.479. The third-order valence-electron chi connectivity index (χ3n) is 2.31. The maximum Gasteiger partial charge on any atom is 0.408 e. The van der Waals surface area contributed by atoms with Crippen LogP contribution in [0.25, 0.3) is 0 Å². The molecule has 0 spiro atoms. The maximum atomic E-state index is 11.6. The molecule has 1 aliphatic carbocycles. The number of amides is 1. The van der Waals surface area contributed by atoms with Crippen LogP contribution in [-0.4, -0.2) is 23.4 Å². The van der Waals surface area contributed by atoms with E-state index in [0.717, 1.165) is 12.0 Å². The summed E-state index contributed by atoms with van der Waals surface area (Å²) < 4.78 is 5.21. The summed E-state index contributed by atoms with van der Waals surface area (Å²) in [5.74, 6) is 0. The summed E-state index contributed by atoms with van der Waals surface area (Å²) >= 11 is 0. The van der Waals surface area contributed by atoms with Crippen LogP contribution in [0.3, 0.4) is 0 Å². The van der Waals surface area contributed by atoms with E-state index in [4.69, 9.17) is 10.1 Å². The second-order valence-electron chi connectivity index (χ2n) is 5.59. The highest BCUT2D eigenvalue weighted by Crippen LogP contribution is 2.15. The van der Waals surface area contributed by atoms with E-state index in [2.05, 4.69) is 5.32 Å². The van der Waals surface area contributed by atoms with Crippen molar-refractivity contribution in [1.29, 1.82) is 5.41 Å². The van der Waals surface area contributed by atoms with Gasteiger partial charge in [0.1, 0.15) is 5.60 Å². The first-order valence-corrected chi connectivity index (χ1v) is 6.17. The van der Waals surface area contributed by atoms with Gasteiger partial charge in [0, 0.05) is 12.1 Å². The van der Waals surface area contributed by atoms with Crippen LogP contribution in [-0.2, 0) is 4.74 Å². The fourth-order valence-corrected chi connectivity index (χ4v) is 1.73. The van der Waals surface area contributed by atoms with Crippen LogP contribution < -0.4 is 5.32 Å². The van der Waals surface area contributed by atoms with E-state index in [1.807, 2.05) is 39.0 Å². The second-order valence-corrected chi connectivity index (χ2v) is 5.59. The molecule has 4 nitrogen and oxygen atoms in total. The van der Waals surface area contributed by atoms with Crippen LogP contribution in [0.15, 0.2) is 23.8 Å². The lowest BCUT2D eigenvalue weighted by atomic mass is 9.99. The van der Waals surface area contributed by atoms with Crippen LogP contribution in [0.1, 0.15) is 40.5 Å². The lowest BCUT2D eigenvalue weighted by Crippen LogP contribution is -2.38. The average Bonchev–Trinajstić information content (AvgIpc) is 2.13. The van der Waals surface area contributed by atoms with Crippen molar-refractivity contribution in [2.75, 3.05) is 0 Å². The van der Waals surface area contributed by atoms with E-state index >= 15 is 0 Å². The number of rotatable bonds is 3. The Kier molecular flexibility index (Phi) is 4.70. The maximum absolute atomic E-state index is 11.6. The van der Waals surface area contributed by atoms with Crippen LogP contribution in [0.2, 0.25) is 0 Å². The van der Waals surface area contributed by atoms with Crippen molar-refractivity contribution in [3.63, 3.8) is 0 Å². The fraction of sp³-hybridized carbons (Fsp3) is 0.571. The van der Waals surface area contributed by atoms with Crippen LogP contribution in [0, 0.1) is 5.41 Å². The Morgan fingerprint density at radius 1 is 1.56 bits per heavy atom. The highest BCUT2D eigenvalue weighted by atomic mass is 16.6. The molecule has 18 heavy (non-hydrogen) atoms. The molecule has 1 amide bonds. The molecule has 0 heterocycles. The van der Waals surface area contributed by atoms with Crippen molar-refractivity contribution in [1.82, 2.24) is 5.32 Å². The van der Waals surface area contributed by atoms with Crippen LogP contribution >= 0.6 is 0 Å². The molecule has 100 valence electrons. The smallest absolute Gasteiger partial charge is 0.408 e. The van der Waals surface area contributed by atoms with Gasteiger partial charge in [-0.25, -0.2) is 4.79 Å². The standard InChI is InChI=1S/C14H22N2O2/c1-10(15)8-11-6-5-7-12(9-11)16-13(17)18-14(2,3)4/h5-6,9,12,15H,7-8H2,1-4H3,(H,16,17). The first-order chi connectivity index (χ1) is 8.26. The third kappa shape index (κ3) is 5.66. The quantitative estimate of drug-likeness (QED) is 0.755. The lowest BCUT2D eigenvalue weighted by Gasteiger charge is -2.23. The lowest BCUT2D eigenvalue weighted by molar-refractivity contribution is 0.0514. The molecule has 0 fully saturated rings. The van der Waals surface area contributed by atoms with Gasteiger partial charge in [-0.15, -0.1) is 0 Å². The zero-order chi connectivity index (χ0) is 13.8. The summed E-state index contributed by atoms with van der Waals surface area (Å²) in [6.07, 6.45) is 7.00. The molecule has 0 aromatic rings. The van der Waals surface area contributed by atoms with Gasteiger partial charge < -0.3 is 15.5 Å². The Labute approximate surface area is 109 Å². The van der Waals surface area contributed by atoms with E-state index in [9.17, 15) is 4.79 Å². The summed E-state index contributed by atoms with van der Waals surface area (Å²) in [4.78, 5) is 11.6. The molecule has 1 atom stereocenters. The molecule has 0 aliphatic heterocycles. The van der Waals surface area contributed by atoms with Crippen LogP contribution in [0.5, 0.6) is 0 Å². The largest absolute Gasteiger partial charge is 0.444 e. The fourth-order valence-electron chi connectivity index (χ4n) is 1.73. The van der Waals surface area contributed by atoms with Crippen molar-refractivity contribution in [3.8, 4) is 0 Å². The zero-order valence-electron chi connectivity index (χ0n) is 11.5. The predicted molar refractivity (Wildman–Crippen MR) is 73.0 cm³/mol. The predicted octanol–water partition coefficient (Wildman–Crippen LogP) is 3.20. The molecular weight excluding hydrogens is 228 g/mol. The Morgan fingerprint density at radius 3 is 2.78 bits per heavy atom. The van der Waals surface area contributed by atoms with Crippen molar-refractivity contribution in [3.05, 3.63) is 23.8 Å². The number of carbonyl (C=O) groups excluding carboxylic acids is 1. The van der Waals surface area contributed by atoms with Gasteiger partial charge in [0.2, 0.25) is 0 Å². The number of ether oxygens (including phenoxy) is 1. The Balaban J connectivity index is 2.53. The monoisotopic (exact) mass is 250 g/mol. The van der Waals surface area contributed by atoms with E-state index in [0.29, 0.717) is 12.1 Å². The molecule has 0 aromatic heterocycles. The van der Waals surface area contributed by atoms with E-state index < -0.39 is 11.7 Å². The third-order valence-corrected chi connectivity index (χ3v) is 2.31.